The Balaban J connectivity index is 2.26. The van der Waals surface area contributed by atoms with Crippen LogP contribution in [0.25, 0.3) is 0 Å². The highest BCUT2D eigenvalue weighted by molar-refractivity contribution is 6.30. The number of hydrogen-bond donors (Lipinski definition) is 1. The molecular formula is C10H9ClO3. The maximum atomic E-state index is 10.6. The summed E-state index contributed by atoms with van der Waals surface area (Å²) in [5.74, 6) is -0.134. The molecule has 0 aromatic heterocycles. The topological polar surface area (TPSA) is 46.5 Å². The van der Waals surface area contributed by atoms with E-state index in [0.29, 0.717) is 17.4 Å². The molecule has 3 nitrogen and oxygen atoms in total. The predicted octanol–water partition coefficient (Wildman–Crippen LogP) is 2.29. The molecule has 1 atom stereocenters. The third-order valence-electron chi connectivity index (χ3n) is 2.28. The van der Waals surface area contributed by atoms with Crippen LogP contribution in [0.15, 0.2) is 18.2 Å². The molecule has 0 radical (unpaired) electrons. The summed E-state index contributed by atoms with van der Waals surface area (Å²) in [6.45, 7) is 0.433. The summed E-state index contributed by atoms with van der Waals surface area (Å²) in [6.07, 6.45) is 0.106. The van der Waals surface area contributed by atoms with E-state index in [9.17, 15) is 4.79 Å². The molecule has 0 aliphatic carbocycles. The minimum Gasteiger partial charge on any atom is -0.493 e. The third kappa shape index (κ3) is 1.68. The van der Waals surface area contributed by atoms with Crippen molar-refractivity contribution in [1.82, 2.24) is 0 Å². The van der Waals surface area contributed by atoms with Crippen LogP contribution in [0.4, 0.5) is 0 Å². The van der Waals surface area contributed by atoms with Crippen molar-refractivity contribution < 1.29 is 14.6 Å². The molecule has 1 aromatic carbocycles. The van der Waals surface area contributed by atoms with E-state index in [0.717, 1.165) is 5.56 Å². The number of halogens is 1. The van der Waals surface area contributed by atoms with Crippen molar-refractivity contribution in [3.8, 4) is 5.75 Å². The van der Waals surface area contributed by atoms with Gasteiger partial charge in [0.1, 0.15) is 5.75 Å². The zero-order valence-corrected chi connectivity index (χ0v) is 8.12. The first-order valence-corrected chi connectivity index (χ1v) is 4.68. The van der Waals surface area contributed by atoms with E-state index in [1.54, 1.807) is 12.1 Å². The maximum Gasteiger partial charge on any atom is 0.304 e. The molecule has 1 N–H and O–H groups in total. The Bertz CT molecular complexity index is 376. The van der Waals surface area contributed by atoms with Gasteiger partial charge in [-0.15, -0.1) is 0 Å². The summed E-state index contributed by atoms with van der Waals surface area (Å²) in [5, 5.41) is 9.28. The Labute approximate surface area is 86.3 Å². The minimum absolute atomic E-state index is 0.0419. The standard InChI is InChI=1S/C10H9ClO3/c11-7-1-2-8-6(3-10(12)13)5-14-9(8)4-7/h1-2,4,6H,3,5H2,(H,12,13)/t6-/m1/s1. The zero-order valence-electron chi connectivity index (χ0n) is 7.37. The highest BCUT2D eigenvalue weighted by atomic mass is 35.5. The molecule has 0 saturated carbocycles. The van der Waals surface area contributed by atoms with Crippen molar-refractivity contribution in [2.45, 2.75) is 12.3 Å². The van der Waals surface area contributed by atoms with Gasteiger partial charge in [-0.2, -0.15) is 0 Å². The van der Waals surface area contributed by atoms with Crippen LogP contribution in [0.1, 0.15) is 17.9 Å². The minimum atomic E-state index is -0.804. The van der Waals surface area contributed by atoms with Gasteiger partial charge in [0.15, 0.2) is 0 Å². The fraction of sp³-hybridized carbons (Fsp3) is 0.300. The highest BCUT2D eigenvalue weighted by Crippen LogP contribution is 2.37. The molecule has 0 spiro atoms. The lowest BCUT2D eigenvalue weighted by molar-refractivity contribution is -0.137. The van der Waals surface area contributed by atoms with E-state index in [1.165, 1.54) is 0 Å². The van der Waals surface area contributed by atoms with Crippen molar-refractivity contribution in [3.63, 3.8) is 0 Å². The molecule has 0 unspecified atom stereocenters. The van der Waals surface area contributed by atoms with Crippen molar-refractivity contribution in [2.75, 3.05) is 6.61 Å². The van der Waals surface area contributed by atoms with Gasteiger partial charge in [0.25, 0.3) is 0 Å². The van der Waals surface area contributed by atoms with E-state index < -0.39 is 5.97 Å². The molecule has 1 aromatic rings. The lowest BCUT2D eigenvalue weighted by atomic mass is 9.98. The maximum absolute atomic E-state index is 10.6. The fourth-order valence-electron chi connectivity index (χ4n) is 1.63. The van der Waals surface area contributed by atoms with Crippen LogP contribution in [0.2, 0.25) is 5.02 Å². The Morgan fingerprint density at radius 2 is 2.43 bits per heavy atom. The summed E-state index contributed by atoms with van der Waals surface area (Å²) in [4.78, 5) is 10.6. The van der Waals surface area contributed by atoms with Gasteiger partial charge in [0.2, 0.25) is 0 Å². The smallest absolute Gasteiger partial charge is 0.304 e. The molecule has 0 saturated heterocycles. The van der Waals surface area contributed by atoms with Gasteiger partial charge in [0.05, 0.1) is 13.0 Å². The average Bonchev–Trinajstić information content (AvgIpc) is 2.47. The van der Waals surface area contributed by atoms with Crippen molar-refractivity contribution in [2.24, 2.45) is 0 Å². The number of rotatable bonds is 2. The van der Waals surface area contributed by atoms with Crippen LogP contribution >= 0.6 is 11.6 Å². The van der Waals surface area contributed by atoms with Crippen LogP contribution in [-0.2, 0) is 4.79 Å². The molecule has 1 aliphatic rings. The lowest BCUT2D eigenvalue weighted by Gasteiger charge is -2.03. The van der Waals surface area contributed by atoms with Gasteiger partial charge >= 0.3 is 5.97 Å². The van der Waals surface area contributed by atoms with Crippen molar-refractivity contribution in [3.05, 3.63) is 28.8 Å². The van der Waals surface area contributed by atoms with Crippen LogP contribution in [-0.4, -0.2) is 17.7 Å². The molecule has 1 aliphatic heterocycles. The quantitative estimate of drug-likeness (QED) is 0.818. The summed E-state index contributed by atoms with van der Waals surface area (Å²) in [5.41, 5.74) is 0.941. The fourth-order valence-corrected chi connectivity index (χ4v) is 1.79. The molecule has 1 heterocycles. The van der Waals surface area contributed by atoms with Gasteiger partial charge in [-0.25, -0.2) is 0 Å². The number of benzene rings is 1. The van der Waals surface area contributed by atoms with Gasteiger partial charge < -0.3 is 9.84 Å². The lowest BCUT2D eigenvalue weighted by Crippen LogP contribution is -2.07. The van der Waals surface area contributed by atoms with E-state index in [-0.39, 0.29) is 12.3 Å². The van der Waals surface area contributed by atoms with Crippen molar-refractivity contribution in [1.29, 1.82) is 0 Å². The summed E-state index contributed by atoms with van der Waals surface area (Å²) < 4.78 is 5.34. The Morgan fingerprint density at radius 1 is 1.64 bits per heavy atom. The van der Waals surface area contributed by atoms with Gasteiger partial charge in [-0.3, -0.25) is 4.79 Å². The van der Waals surface area contributed by atoms with E-state index in [1.807, 2.05) is 6.07 Å². The molecule has 14 heavy (non-hydrogen) atoms. The molecule has 4 heteroatoms. The number of fused-ring (bicyclic) bond motifs is 1. The number of carboxylic acids is 1. The molecule has 0 fully saturated rings. The van der Waals surface area contributed by atoms with Crippen LogP contribution in [0.3, 0.4) is 0 Å². The normalized spacial score (nSPS) is 18.8. The van der Waals surface area contributed by atoms with Gasteiger partial charge in [-0.05, 0) is 12.1 Å². The molecular weight excluding hydrogens is 204 g/mol. The van der Waals surface area contributed by atoms with Crippen molar-refractivity contribution >= 4 is 17.6 Å². The Morgan fingerprint density at radius 3 is 3.14 bits per heavy atom. The second-order valence-electron chi connectivity index (χ2n) is 3.29. The number of aliphatic carboxylic acids is 1. The Kier molecular flexibility index (Phi) is 2.33. The van der Waals surface area contributed by atoms with E-state index >= 15 is 0 Å². The van der Waals surface area contributed by atoms with E-state index in [4.69, 9.17) is 21.4 Å². The first kappa shape index (κ1) is 9.34. The number of carboxylic acid groups (broad SMARTS) is 1. The SMILES string of the molecule is O=C(O)C[C@@H]1COc2cc(Cl)ccc21. The summed E-state index contributed by atoms with van der Waals surface area (Å²) >= 11 is 5.78. The molecule has 0 amide bonds. The second kappa shape index (κ2) is 3.50. The largest absolute Gasteiger partial charge is 0.493 e. The van der Waals surface area contributed by atoms with Crippen LogP contribution < -0.4 is 4.74 Å². The first-order chi connectivity index (χ1) is 6.66. The van der Waals surface area contributed by atoms with Crippen LogP contribution in [0.5, 0.6) is 5.75 Å². The van der Waals surface area contributed by atoms with Crippen LogP contribution in [0, 0.1) is 0 Å². The summed E-state index contributed by atoms with van der Waals surface area (Å²) in [7, 11) is 0. The van der Waals surface area contributed by atoms with Gasteiger partial charge in [0, 0.05) is 16.5 Å². The number of hydrogen-bond acceptors (Lipinski definition) is 2. The third-order valence-corrected chi connectivity index (χ3v) is 2.51. The predicted molar refractivity (Wildman–Crippen MR) is 51.9 cm³/mol. The molecule has 74 valence electrons. The number of ether oxygens (including phenoxy) is 1. The monoisotopic (exact) mass is 212 g/mol. The average molecular weight is 213 g/mol. The van der Waals surface area contributed by atoms with Gasteiger partial charge in [-0.1, -0.05) is 17.7 Å². The van der Waals surface area contributed by atoms with E-state index in [2.05, 4.69) is 0 Å². The second-order valence-corrected chi connectivity index (χ2v) is 3.72. The highest BCUT2D eigenvalue weighted by Gasteiger charge is 2.26. The number of carbonyl (C=O) groups is 1. The first-order valence-electron chi connectivity index (χ1n) is 4.31. The zero-order chi connectivity index (χ0) is 10.1. The molecule has 0 bridgehead atoms. The molecule has 2 rings (SSSR count). The Hall–Kier alpha value is -1.22. The summed E-state index contributed by atoms with van der Waals surface area (Å²) in [6, 6.07) is 5.31.